The molecule has 0 aromatic heterocycles. The van der Waals surface area contributed by atoms with Crippen molar-refractivity contribution < 1.29 is 33.6 Å². The Bertz CT molecular complexity index is 1720. The van der Waals surface area contributed by atoms with E-state index < -0.39 is 23.3 Å². The number of carbonyl (C=O) groups excluding carboxylic acids is 4. The predicted octanol–water partition coefficient (Wildman–Crippen LogP) is 5.64. The number of halogens is 1. The van der Waals surface area contributed by atoms with Gasteiger partial charge in [0.25, 0.3) is 0 Å². The number of ketones is 1. The molecule has 3 fully saturated rings. The minimum atomic E-state index is -0.777. The van der Waals surface area contributed by atoms with E-state index in [0.29, 0.717) is 17.5 Å². The van der Waals surface area contributed by atoms with Crippen molar-refractivity contribution in [1.82, 2.24) is 0 Å². The molecule has 0 radical (unpaired) electrons. The van der Waals surface area contributed by atoms with Gasteiger partial charge in [-0.1, -0.05) is 35.9 Å². The number of anilines is 1. The fraction of sp³-hybridized carbons (Fsp3) is 0.250. The molecule has 2 saturated carbocycles. The predicted molar refractivity (Wildman–Crippen MR) is 153 cm³/mol. The zero-order valence-corrected chi connectivity index (χ0v) is 23.2. The fourth-order valence-electron chi connectivity index (χ4n) is 6.85. The summed E-state index contributed by atoms with van der Waals surface area (Å²) in [5.74, 6) is -1.17. The van der Waals surface area contributed by atoms with E-state index in [4.69, 9.17) is 21.1 Å². The lowest BCUT2D eigenvalue weighted by Gasteiger charge is -2.37. The van der Waals surface area contributed by atoms with Crippen LogP contribution >= 0.6 is 11.6 Å². The van der Waals surface area contributed by atoms with Crippen LogP contribution in [-0.2, 0) is 14.3 Å². The van der Waals surface area contributed by atoms with Crippen LogP contribution < -0.4 is 9.64 Å². The summed E-state index contributed by atoms with van der Waals surface area (Å²) < 4.78 is 10.8. The van der Waals surface area contributed by atoms with Crippen LogP contribution in [0.5, 0.6) is 11.5 Å². The molecule has 2 bridgehead atoms. The summed E-state index contributed by atoms with van der Waals surface area (Å²) in [6, 6.07) is 16.0. The van der Waals surface area contributed by atoms with Crippen molar-refractivity contribution in [2.45, 2.75) is 6.42 Å². The van der Waals surface area contributed by atoms with Gasteiger partial charge in [-0.2, -0.15) is 0 Å². The van der Waals surface area contributed by atoms with Gasteiger partial charge in [-0.25, -0.2) is 9.69 Å². The Morgan fingerprint density at radius 2 is 1.56 bits per heavy atom. The van der Waals surface area contributed by atoms with Crippen molar-refractivity contribution in [3.8, 4) is 11.5 Å². The molecule has 1 heterocycles. The standard InChI is InChI=1S/C32H23ClN2O8/c33-24-5-2-6-25(35(40)41)29(24)43-19-9-7-16(8-10-19)26(36)15-42-32(39)17-3-1-4-18(13-17)34-30(37)27-20-11-12-21(23-14-22(20)23)28(27)31(34)38/h1-13,20-23,27-28H,14-15H2/t20-,21-,22-,23-,27-,28+/m1/s1. The number of ether oxygens (including phenoxy) is 2. The second-order valence-electron chi connectivity index (χ2n) is 11.2. The van der Waals surface area contributed by atoms with Crippen molar-refractivity contribution >= 4 is 46.5 Å². The lowest BCUT2D eigenvalue weighted by Crippen LogP contribution is -2.40. The van der Waals surface area contributed by atoms with Gasteiger partial charge in [0.05, 0.1) is 33.0 Å². The van der Waals surface area contributed by atoms with Gasteiger partial charge in [-0.05, 0) is 78.6 Å². The number of amides is 2. The SMILES string of the molecule is O=C(COC(=O)c1cccc(N2C(=O)[C@@H]3[C@@H]4C=C[C@H]([C@H]5C[C@H]45)[C@@H]3C2=O)c1)c1ccc(Oc2c(Cl)cccc2[N+](=O)[O-])cc1. The highest BCUT2D eigenvalue weighted by Crippen LogP contribution is 2.65. The van der Waals surface area contributed by atoms with Crippen LogP contribution in [0.25, 0.3) is 0 Å². The minimum absolute atomic E-state index is 0.0581. The van der Waals surface area contributed by atoms with Crippen LogP contribution in [0.4, 0.5) is 11.4 Å². The third-order valence-electron chi connectivity index (χ3n) is 8.88. The van der Waals surface area contributed by atoms with Gasteiger partial charge in [0.2, 0.25) is 17.6 Å². The number of Topliss-reactive ketones (excluding diaryl/α,β-unsaturated/α-hetero) is 1. The molecule has 5 aliphatic rings. The lowest BCUT2D eigenvalue weighted by molar-refractivity contribution is -0.385. The molecule has 4 aliphatic carbocycles. The van der Waals surface area contributed by atoms with E-state index in [2.05, 4.69) is 12.2 Å². The van der Waals surface area contributed by atoms with Crippen LogP contribution in [-0.4, -0.2) is 35.1 Å². The molecule has 216 valence electrons. The Hall–Kier alpha value is -4.83. The van der Waals surface area contributed by atoms with Crippen molar-refractivity contribution in [2.75, 3.05) is 11.5 Å². The first-order chi connectivity index (χ1) is 20.7. The second-order valence-corrected chi connectivity index (χ2v) is 11.6. The van der Waals surface area contributed by atoms with E-state index in [-0.39, 0.29) is 68.8 Å². The van der Waals surface area contributed by atoms with Gasteiger partial charge in [-0.15, -0.1) is 0 Å². The number of hydrogen-bond acceptors (Lipinski definition) is 8. The normalized spacial score (nSPS) is 26.1. The lowest BCUT2D eigenvalue weighted by atomic mass is 9.63. The molecular weight excluding hydrogens is 576 g/mol. The summed E-state index contributed by atoms with van der Waals surface area (Å²) >= 11 is 6.07. The minimum Gasteiger partial charge on any atom is -0.454 e. The molecule has 0 unspecified atom stereocenters. The third-order valence-corrected chi connectivity index (χ3v) is 9.17. The fourth-order valence-corrected chi connectivity index (χ4v) is 7.06. The molecule has 0 N–H and O–H groups in total. The van der Waals surface area contributed by atoms with Crippen molar-refractivity contribution in [3.63, 3.8) is 0 Å². The van der Waals surface area contributed by atoms with Crippen LogP contribution in [0, 0.1) is 45.6 Å². The number of nitro groups is 1. The van der Waals surface area contributed by atoms with E-state index in [1.165, 1.54) is 59.5 Å². The molecule has 1 aliphatic heterocycles. The molecule has 3 aromatic carbocycles. The number of para-hydroxylation sites is 1. The maximum atomic E-state index is 13.4. The van der Waals surface area contributed by atoms with Crippen LogP contribution in [0.15, 0.2) is 78.9 Å². The van der Waals surface area contributed by atoms with Gasteiger partial charge in [0.15, 0.2) is 12.4 Å². The first-order valence-corrected chi connectivity index (χ1v) is 14.2. The molecule has 8 rings (SSSR count). The van der Waals surface area contributed by atoms with Crippen LogP contribution in [0.1, 0.15) is 27.1 Å². The maximum Gasteiger partial charge on any atom is 0.338 e. The first kappa shape index (κ1) is 27.0. The number of benzene rings is 3. The van der Waals surface area contributed by atoms with Crippen LogP contribution in [0.2, 0.25) is 5.02 Å². The molecule has 0 spiro atoms. The smallest absolute Gasteiger partial charge is 0.338 e. The number of nitrogens with zero attached hydrogens (tertiary/aromatic N) is 2. The summed E-state index contributed by atoms with van der Waals surface area (Å²) in [5.41, 5.74) is 0.336. The Kier molecular flexibility index (Phi) is 6.39. The molecule has 2 amide bonds. The molecule has 10 nitrogen and oxygen atoms in total. The largest absolute Gasteiger partial charge is 0.454 e. The van der Waals surface area contributed by atoms with Crippen molar-refractivity contribution in [1.29, 1.82) is 0 Å². The van der Waals surface area contributed by atoms with Crippen molar-refractivity contribution in [3.05, 3.63) is 105 Å². The summed E-state index contributed by atoms with van der Waals surface area (Å²) in [4.78, 5) is 64.3. The number of rotatable bonds is 8. The number of nitro benzene ring substituents is 1. The van der Waals surface area contributed by atoms with E-state index >= 15 is 0 Å². The maximum absolute atomic E-state index is 13.4. The second kappa shape index (κ2) is 10.2. The average Bonchev–Trinajstić information content (AvgIpc) is 3.79. The molecule has 3 aromatic rings. The van der Waals surface area contributed by atoms with E-state index in [0.717, 1.165) is 6.42 Å². The molecule has 1 saturated heterocycles. The first-order valence-electron chi connectivity index (χ1n) is 13.8. The van der Waals surface area contributed by atoms with Gasteiger partial charge in [-0.3, -0.25) is 24.5 Å². The highest BCUT2D eigenvalue weighted by atomic mass is 35.5. The molecule has 43 heavy (non-hydrogen) atoms. The summed E-state index contributed by atoms with van der Waals surface area (Å²) in [5, 5.41) is 11.3. The van der Waals surface area contributed by atoms with Crippen LogP contribution in [0.3, 0.4) is 0 Å². The molecule has 11 heteroatoms. The van der Waals surface area contributed by atoms with Gasteiger partial charge in [0.1, 0.15) is 5.75 Å². The Morgan fingerprint density at radius 1 is 0.907 bits per heavy atom. The quantitative estimate of drug-likeness (QED) is 0.0812. The summed E-state index contributed by atoms with van der Waals surface area (Å²) in [6.07, 6.45) is 5.28. The number of allylic oxidation sites excluding steroid dienone is 2. The van der Waals surface area contributed by atoms with Gasteiger partial charge >= 0.3 is 11.7 Å². The number of carbonyl (C=O) groups is 4. The number of esters is 1. The summed E-state index contributed by atoms with van der Waals surface area (Å²) in [6.45, 7) is -0.553. The van der Waals surface area contributed by atoms with Gasteiger partial charge in [0, 0.05) is 11.6 Å². The average molecular weight is 599 g/mol. The zero-order chi connectivity index (χ0) is 30.0. The number of imide groups is 1. The van der Waals surface area contributed by atoms with E-state index in [9.17, 15) is 29.3 Å². The third kappa shape index (κ3) is 4.49. The highest BCUT2D eigenvalue weighted by Gasteiger charge is 2.67. The van der Waals surface area contributed by atoms with E-state index in [1.54, 1.807) is 12.1 Å². The Labute approximate surface area is 250 Å². The summed E-state index contributed by atoms with van der Waals surface area (Å²) in [7, 11) is 0. The molecule has 6 atom stereocenters. The monoisotopic (exact) mass is 598 g/mol. The van der Waals surface area contributed by atoms with E-state index in [1.807, 2.05) is 0 Å². The Balaban J connectivity index is 0.999. The number of hydrogen-bond donors (Lipinski definition) is 0. The van der Waals surface area contributed by atoms with Gasteiger partial charge < -0.3 is 9.47 Å². The van der Waals surface area contributed by atoms with Crippen molar-refractivity contribution in [2.24, 2.45) is 35.5 Å². The topological polar surface area (TPSA) is 133 Å². The zero-order valence-electron chi connectivity index (χ0n) is 22.4. The highest BCUT2D eigenvalue weighted by molar-refractivity contribution is 6.32. The molecular formula is C32H23ClN2O8. The Morgan fingerprint density at radius 3 is 2.21 bits per heavy atom.